The number of benzene rings is 1. The quantitative estimate of drug-likeness (QED) is 0.823. The van der Waals surface area contributed by atoms with Gasteiger partial charge in [-0.15, -0.1) is 0 Å². The molecule has 0 bridgehead atoms. The lowest BCUT2D eigenvalue weighted by atomic mass is 9.93. The van der Waals surface area contributed by atoms with E-state index in [1.165, 1.54) is 18.4 Å². The molecule has 0 aliphatic heterocycles. The monoisotopic (exact) mass is 208 g/mol. The van der Waals surface area contributed by atoms with Gasteiger partial charge in [0.25, 0.3) is 0 Å². The zero-order valence-electron chi connectivity index (χ0n) is 8.66. The van der Waals surface area contributed by atoms with Crippen molar-refractivity contribution in [2.45, 2.75) is 30.4 Å². The molecule has 1 aliphatic carbocycles. The molecule has 1 fully saturated rings. The normalized spacial score (nSPS) is 20.4. The Morgan fingerprint density at radius 3 is 2.64 bits per heavy atom. The van der Waals surface area contributed by atoms with Crippen molar-refractivity contribution in [2.75, 3.05) is 6.26 Å². The second kappa shape index (κ2) is 3.50. The van der Waals surface area contributed by atoms with Crippen molar-refractivity contribution in [2.24, 2.45) is 0 Å². The van der Waals surface area contributed by atoms with Crippen LogP contribution in [0.4, 0.5) is 0 Å². The zero-order chi connectivity index (χ0) is 10.2. The highest BCUT2D eigenvalue weighted by Gasteiger charge is 2.48. The van der Waals surface area contributed by atoms with Crippen molar-refractivity contribution >= 4 is 11.8 Å². The number of thioether (sulfide) groups is 1. The molecule has 1 aliphatic rings. The second-order valence-corrected chi connectivity index (χ2v) is 5.26. The van der Waals surface area contributed by atoms with Crippen LogP contribution >= 0.6 is 11.8 Å². The average molecular weight is 208 g/mol. The zero-order valence-corrected chi connectivity index (χ0v) is 9.47. The Morgan fingerprint density at radius 1 is 1.43 bits per heavy atom. The summed E-state index contributed by atoms with van der Waals surface area (Å²) in [6, 6.07) is 7.74. The molecule has 1 nitrogen and oxygen atoms in total. The minimum Gasteiger partial charge on any atom is -0.508 e. The number of aromatic hydroxyl groups is 1. The smallest absolute Gasteiger partial charge is 0.115 e. The van der Waals surface area contributed by atoms with E-state index in [0.29, 0.717) is 16.4 Å². The predicted molar refractivity (Wildman–Crippen MR) is 62.0 cm³/mol. The van der Waals surface area contributed by atoms with Crippen LogP contribution in [0.25, 0.3) is 0 Å². The van der Waals surface area contributed by atoms with Crippen molar-refractivity contribution < 1.29 is 5.11 Å². The van der Waals surface area contributed by atoms with Gasteiger partial charge in [-0.1, -0.05) is 19.1 Å². The molecular weight excluding hydrogens is 192 g/mol. The third kappa shape index (κ3) is 1.52. The SMILES string of the molecule is CSC(C)C1(c2cccc(O)c2)CC1. The summed E-state index contributed by atoms with van der Waals surface area (Å²) in [5.74, 6) is 0.391. The summed E-state index contributed by atoms with van der Waals surface area (Å²) in [5, 5.41) is 10.1. The lowest BCUT2D eigenvalue weighted by Gasteiger charge is -2.22. The Bertz CT molecular complexity index is 331. The molecule has 1 unspecified atom stereocenters. The largest absolute Gasteiger partial charge is 0.508 e. The van der Waals surface area contributed by atoms with Gasteiger partial charge in [0.05, 0.1) is 0 Å². The molecule has 0 radical (unpaired) electrons. The number of rotatable bonds is 3. The fourth-order valence-corrected chi connectivity index (χ4v) is 2.93. The van der Waals surface area contributed by atoms with Crippen LogP contribution in [0.15, 0.2) is 24.3 Å². The average Bonchev–Trinajstić information content (AvgIpc) is 2.97. The summed E-state index contributed by atoms with van der Waals surface area (Å²) in [6.07, 6.45) is 4.68. The minimum atomic E-state index is 0.345. The highest BCUT2D eigenvalue weighted by Crippen LogP contribution is 2.54. The molecule has 14 heavy (non-hydrogen) atoms. The molecule has 0 amide bonds. The summed E-state index contributed by atoms with van der Waals surface area (Å²) >= 11 is 1.91. The topological polar surface area (TPSA) is 20.2 Å². The van der Waals surface area contributed by atoms with Crippen molar-refractivity contribution in [3.05, 3.63) is 29.8 Å². The predicted octanol–water partition coefficient (Wildman–Crippen LogP) is 3.18. The van der Waals surface area contributed by atoms with E-state index in [0.717, 1.165) is 0 Å². The first-order valence-corrected chi connectivity index (χ1v) is 6.30. The molecule has 1 atom stereocenters. The van der Waals surface area contributed by atoms with E-state index in [2.05, 4.69) is 19.2 Å². The Kier molecular flexibility index (Phi) is 2.48. The van der Waals surface area contributed by atoms with Gasteiger partial charge in [0.2, 0.25) is 0 Å². The van der Waals surface area contributed by atoms with E-state index >= 15 is 0 Å². The fraction of sp³-hybridized carbons (Fsp3) is 0.500. The molecule has 0 heterocycles. The summed E-state index contributed by atoms with van der Waals surface area (Å²) < 4.78 is 0. The van der Waals surface area contributed by atoms with Crippen LogP contribution in [0.5, 0.6) is 5.75 Å². The summed E-state index contributed by atoms with van der Waals surface area (Å²) in [7, 11) is 0. The maximum absolute atomic E-state index is 9.45. The molecule has 0 spiro atoms. The van der Waals surface area contributed by atoms with Crippen LogP contribution in [0, 0.1) is 0 Å². The third-order valence-corrected chi connectivity index (χ3v) is 4.50. The van der Waals surface area contributed by atoms with Crippen LogP contribution in [-0.4, -0.2) is 16.6 Å². The first-order valence-electron chi connectivity index (χ1n) is 5.01. The number of phenolic OH excluding ortho intramolecular Hbond substituents is 1. The van der Waals surface area contributed by atoms with E-state index < -0.39 is 0 Å². The molecule has 1 N–H and O–H groups in total. The molecule has 76 valence electrons. The molecule has 1 saturated carbocycles. The van der Waals surface area contributed by atoms with Gasteiger partial charge in [0.15, 0.2) is 0 Å². The van der Waals surface area contributed by atoms with Crippen LogP contribution in [0.1, 0.15) is 25.3 Å². The van der Waals surface area contributed by atoms with Crippen LogP contribution < -0.4 is 0 Å². The van der Waals surface area contributed by atoms with Crippen molar-refractivity contribution in [3.63, 3.8) is 0 Å². The molecule has 2 heteroatoms. The van der Waals surface area contributed by atoms with Gasteiger partial charge in [-0.3, -0.25) is 0 Å². The second-order valence-electron chi connectivity index (χ2n) is 4.08. The Labute approximate surface area is 89.5 Å². The van der Waals surface area contributed by atoms with Gasteiger partial charge >= 0.3 is 0 Å². The molecular formula is C12H16OS. The first kappa shape index (κ1) is 9.91. The van der Waals surface area contributed by atoms with Gasteiger partial charge in [0, 0.05) is 10.7 Å². The van der Waals surface area contributed by atoms with Gasteiger partial charge in [-0.2, -0.15) is 11.8 Å². The van der Waals surface area contributed by atoms with Crippen LogP contribution in [-0.2, 0) is 5.41 Å². The van der Waals surface area contributed by atoms with E-state index in [4.69, 9.17) is 0 Å². The first-order chi connectivity index (χ1) is 6.69. The van der Waals surface area contributed by atoms with Crippen LogP contribution in [0.2, 0.25) is 0 Å². The molecule has 0 saturated heterocycles. The Balaban J connectivity index is 2.30. The van der Waals surface area contributed by atoms with E-state index in [-0.39, 0.29) is 0 Å². The van der Waals surface area contributed by atoms with E-state index in [1.807, 2.05) is 23.9 Å². The van der Waals surface area contributed by atoms with E-state index in [9.17, 15) is 5.11 Å². The summed E-state index contributed by atoms with van der Waals surface area (Å²) in [4.78, 5) is 0. The number of hydrogen-bond donors (Lipinski definition) is 1. The lowest BCUT2D eigenvalue weighted by Crippen LogP contribution is -2.19. The highest BCUT2D eigenvalue weighted by atomic mass is 32.2. The Hall–Kier alpha value is -0.630. The lowest BCUT2D eigenvalue weighted by molar-refractivity contribution is 0.473. The Morgan fingerprint density at radius 2 is 2.14 bits per heavy atom. The van der Waals surface area contributed by atoms with E-state index in [1.54, 1.807) is 6.07 Å². The number of hydrogen-bond acceptors (Lipinski definition) is 2. The van der Waals surface area contributed by atoms with Gasteiger partial charge in [0.1, 0.15) is 5.75 Å². The fourth-order valence-electron chi connectivity index (χ4n) is 2.11. The highest BCUT2D eigenvalue weighted by molar-refractivity contribution is 7.99. The van der Waals surface area contributed by atoms with Gasteiger partial charge in [-0.25, -0.2) is 0 Å². The van der Waals surface area contributed by atoms with Crippen molar-refractivity contribution in [1.29, 1.82) is 0 Å². The summed E-state index contributed by atoms with van der Waals surface area (Å²) in [5.41, 5.74) is 1.65. The van der Waals surface area contributed by atoms with Gasteiger partial charge < -0.3 is 5.11 Å². The minimum absolute atomic E-state index is 0.345. The molecule has 1 aromatic carbocycles. The standard InChI is InChI=1S/C12H16OS/c1-9(14-2)12(6-7-12)10-4-3-5-11(13)8-10/h3-5,8-9,13H,6-7H2,1-2H3. The maximum atomic E-state index is 9.45. The summed E-state index contributed by atoms with van der Waals surface area (Å²) in [6.45, 7) is 2.28. The number of phenols is 1. The van der Waals surface area contributed by atoms with Gasteiger partial charge in [-0.05, 0) is 36.8 Å². The van der Waals surface area contributed by atoms with Crippen molar-refractivity contribution in [1.82, 2.24) is 0 Å². The maximum Gasteiger partial charge on any atom is 0.115 e. The van der Waals surface area contributed by atoms with Crippen molar-refractivity contribution in [3.8, 4) is 5.75 Å². The van der Waals surface area contributed by atoms with Crippen LogP contribution in [0.3, 0.4) is 0 Å². The molecule has 0 aromatic heterocycles. The third-order valence-electron chi connectivity index (χ3n) is 3.34. The molecule has 1 aromatic rings. The molecule has 2 rings (SSSR count).